The fourth-order valence-electron chi connectivity index (χ4n) is 1.68. The van der Waals surface area contributed by atoms with Crippen LogP contribution in [0.25, 0.3) is 11.3 Å². The van der Waals surface area contributed by atoms with Gasteiger partial charge in [-0.05, 0) is 26.0 Å². The van der Waals surface area contributed by atoms with Crippen molar-refractivity contribution in [3.63, 3.8) is 0 Å². The molecule has 0 saturated heterocycles. The van der Waals surface area contributed by atoms with Gasteiger partial charge in [0.1, 0.15) is 0 Å². The number of hydrogen-bond donors (Lipinski definition) is 1. The van der Waals surface area contributed by atoms with Crippen LogP contribution in [0.2, 0.25) is 0 Å². The Balaban J connectivity index is 2.52. The van der Waals surface area contributed by atoms with E-state index in [9.17, 15) is 5.11 Å². The molecule has 0 radical (unpaired) electrons. The van der Waals surface area contributed by atoms with E-state index in [0.29, 0.717) is 5.76 Å². The minimum absolute atomic E-state index is 0.579. The van der Waals surface area contributed by atoms with Crippen molar-refractivity contribution in [3.8, 4) is 11.3 Å². The van der Waals surface area contributed by atoms with Crippen molar-refractivity contribution in [3.05, 3.63) is 40.0 Å². The molecule has 0 aliphatic heterocycles. The van der Waals surface area contributed by atoms with Crippen molar-refractivity contribution in [1.82, 2.24) is 5.16 Å². The van der Waals surface area contributed by atoms with Gasteiger partial charge >= 0.3 is 0 Å². The number of halogens is 1. The molecule has 4 heteroatoms. The van der Waals surface area contributed by atoms with Crippen molar-refractivity contribution >= 4 is 15.9 Å². The SMILES string of the molecule is Cc1noc(-c2ccc(Br)cc2)c1[C@H](C)O. The van der Waals surface area contributed by atoms with Gasteiger partial charge in [-0.2, -0.15) is 0 Å². The Morgan fingerprint density at radius 3 is 2.50 bits per heavy atom. The molecular formula is C12H12BrNO2. The minimum atomic E-state index is -0.579. The van der Waals surface area contributed by atoms with E-state index in [0.717, 1.165) is 21.3 Å². The summed E-state index contributed by atoms with van der Waals surface area (Å²) in [5.74, 6) is 0.639. The van der Waals surface area contributed by atoms with E-state index in [-0.39, 0.29) is 0 Å². The first kappa shape index (κ1) is 11.4. The maximum Gasteiger partial charge on any atom is 0.172 e. The minimum Gasteiger partial charge on any atom is -0.388 e. The lowest BCUT2D eigenvalue weighted by Gasteiger charge is -2.04. The van der Waals surface area contributed by atoms with Crippen LogP contribution in [0.3, 0.4) is 0 Å². The molecule has 1 aromatic carbocycles. The summed E-state index contributed by atoms with van der Waals surface area (Å²) in [7, 11) is 0. The van der Waals surface area contributed by atoms with Crippen molar-refractivity contribution in [1.29, 1.82) is 0 Å². The lowest BCUT2D eigenvalue weighted by molar-refractivity contribution is 0.198. The first-order chi connectivity index (χ1) is 7.59. The summed E-state index contributed by atoms with van der Waals surface area (Å²) in [5.41, 5.74) is 2.40. The predicted octanol–water partition coefficient (Wildman–Crippen LogP) is 3.47. The van der Waals surface area contributed by atoms with Gasteiger partial charge in [-0.1, -0.05) is 33.2 Å². The zero-order chi connectivity index (χ0) is 11.7. The second-order valence-corrected chi connectivity index (χ2v) is 4.61. The summed E-state index contributed by atoms with van der Waals surface area (Å²) in [5, 5.41) is 13.6. The van der Waals surface area contributed by atoms with Gasteiger partial charge in [0.2, 0.25) is 0 Å². The van der Waals surface area contributed by atoms with E-state index in [1.807, 2.05) is 31.2 Å². The molecule has 2 rings (SSSR count). The third kappa shape index (κ3) is 2.03. The van der Waals surface area contributed by atoms with Gasteiger partial charge in [-0.3, -0.25) is 0 Å². The van der Waals surface area contributed by atoms with Gasteiger partial charge in [0.15, 0.2) is 5.76 Å². The Bertz CT molecular complexity index is 488. The smallest absolute Gasteiger partial charge is 0.172 e. The van der Waals surface area contributed by atoms with Crippen LogP contribution in [-0.2, 0) is 0 Å². The Hall–Kier alpha value is -1.13. The monoisotopic (exact) mass is 281 g/mol. The zero-order valence-corrected chi connectivity index (χ0v) is 10.7. The fourth-order valence-corrected chi connectivity index (χ4v) is 1.94. The maximum atomic E-state index is 9.68. The number of aliphatic hydroxyl groups excluding tert-OH is 1. The van der Waals surface area contributed by atoms with Crippen LogP contribution < -0.4 is 0 Å². The summed E-state index contributed by atoms with van der Waals surface area (Å²) < 4.78 is 6.26. The van der Waals surface area contributed by atoms with Crippen molar-refractivity contribution in [2.24, 2.45) is 0 Å². The third-order valence-corrected chi connectivity index (χ3v) is 2.96. The van der Waals surface area contributed by atoms with E-state index >= 15 is 0 Å². The number of hydrogen-bond acceptors (Lipinski definition) is 3. The molecule has 84 valence electrons. The molecule has 0 fully saturated rings. The highest BCUT2D eigenvalue weighted by molar-refractivity contribution is 9.10. The van der Waals surface area contributed by atoms with Gasteiger partial charge in [0.05, 0.1) is 17.4 Å². The summed E-state index contributed by atoms with van der Waals surface area (Å²) in [4.78, 5) is 0. The molecule has 1 N–H and O–H groups in total. The molecule has 0 bridgehead atoms. The number of aryl methyl sites for hydroxylation is 1. The van der Waals surface area contributed by atoms with Crippen LogP contribution in [0, 0.1) is 6.92 Å². The first-order valence-corrected chi connectivity index (χ1v) is 5.79. The van der Waals surface area contributed by atoms with Gasteiger partial charge in [0.25, 0.3) is 0 Å². The maximum absolute atomic E-state index is 9.68. The second kappa shape index (κ2) is 4.39. The average molecular weight is 282 g/mol. The molecule has 0 saturated carbocycles. The summed E-state index contributed by atoms with van der Waals surface area (Å²) in [6.45, 7) is 3.54. The number of aromatic nitrogens is 1. The zero-order valence-electron chi connectivity index (χ0n) is 9.07. The molecule has 0 aliphatic carbocycles. The van der Waals surface area contributed by atoms with Crippen LogP contribution in [0.5, 0.6) is 0 Å². The summed E-state index contributed by atoms with van der Waals surface area (Å²) in [6, 6.07) is 7.71. The van der Waals surface area contributed by atoms with E-state index < -0.39 is 6.10 Å². The average Bonchev–Trinajstić information content (AvgIpc) is 2.61. The van der Waals surface area contributed by atoms with E-state index in [4.69, 9.17) is 4.52 Å². The third-order valence-electron chi connectivity index (χ3n) is 2.43. The highest BCUT2D eigenvalue weighted by Crippen LogP contribution is 2.31. The van der Waals surface area contributed by atoms with Gasteiger partial charge in [0, 0.05) is 10.0 Å². The number of nitrogens with zero attached hydrogens (tertiary/aromatic N) is 1. The molecule has 0 spiro atoms. The molecule has 1 atom stereocenters. The van der Waals surface area contributed by atoms with Gasteiger partial charge < -0.3 is 9.63 Å². The normalized spacial score (nSPS) is 12.8. The Kier molecular flexibility index (Phi) is 3.12. The topological polar surface area (TPSA) is 46.3 Å². The lowest BCUT2D eigenvalue weighted by atomic mass is 10.0. The van der Waals surface area contributed by atoms with Crippen molar-refractivity contribution in [2.45, 2.75) is 20.0 Å². The molecule has 0 aliphatic rings. The van der Waals surface area contributed by atoms with Crippen LogP contribution in [-0.4, -0.2) is 10.3 Å². The molecule has 0 unspecified atom stereocenters. The predicted molar refractivity (Wildman–Crippen MR) is 65.0 cm³/mol. The Labute approximate surface area is 102 Å². The van der Waals surface area contributed by atoms with Gasteiger partial charge in [-0.25, -0.2) is 0 Å². The fraction of sp³-hybridized carbons (Fsp3) is 0.250. The largest absolute Gasteiger partial charge is 0.388 e. The van der Waals surface area contributed by atoms with Crippen LogP contribution >= 0.6 is 15.9 Å². The van der Waals surface area contributed by atoms with Crippen LogP contribution in [0.1, 0.15) is 24.3 Å². The highest BCUT2D eigenvalue weighted by atomic mass is 79.9. The van der Waals surface area contributed by atoms with Gasteiger partial charge in [-0.15, -0.1) is 0 Å². The number of benzene rings is 1. The molecular weight excluding hydrogens is 270 g/mol. The van der Waals surface area contributed by atoms with E-state index in [1.165, 1.54) is 0 Å². The molecule has 1 aromatic heterocycles. The lowest BCUT2D eigenvalue weighted by Crippen LogP contribution is -1.94. The summed E-state index contributed by atoms with van der Waals surface area (Å²) >= 11 is 3.38. The molecule has 3 nitrogen and oxygen atoms in total. The van der Waals surface area contributed by atoms with Crippen molar-refractivity contribution < 1.29 is 9.63 Å². The summed E-state index contributed by atoms with van der Waals surface area (Å²) in [6.07, 6.45) is -0.579. The first-order valence-electron chi connectivity index (χ1n) is 4.99. The van der Waals surface area contributed by atoms with Crippen molar-refractivity contribution in [2.75, 3.05) is 0 Å². The number of aliphatic hydroxyl groups is 1. The van der Waals surface area contributed by atoms with Crippen LogP contribution in [0.15, 0.2) is 33.3 Å². The number of rotatable bonds is 2. The van der Waals surface area contributed by atoms with Crippen LogP contribution in [0.4, 0.5) is 0 Å². The molecule has 16 heavy (non-hydrogen) atoms. The quantitative estimate of drug-likeness (QED) is 0.917. The molecule has 1 heterocycles. The second-order valence-electron chi connectivity index (χ2n) is 3.69. The Morgan fingerprint density at radius 1 is 1.31 bits per heavy atom. The molecule has 2 aromatic rings. The highest BCUT2D eigenvalue weighted by Gasteiger charge is 2.18. The van der Waals surface area contributed by atoms with E-state index in [1.54, 1.807) is 6.92 Å². The molecule has 0 amide bonds. The van der Waals surface area contributed by atoms with E-state index in [2.05, 4.69) is 21.1 Å². The Morgan fingerprint density at radius 2 is 1.94 bits per heavy atom. The standard InChI is InChI=1S/C12H12BrNO2/c1-7-11(8(2)15)12(16-14-7)9-3-5-10(13)6-4-9/h3-6,8,15H,1-2H3/t8-/m0/s1.